The smallest absolute Gasteiger partial charge is 0.307 e. The number of rotatable bonds is 5. The Morgan fingerprint density at radius 2 is 2.00 bits per heavy atom. The van der Waals surface area contributed by atoms with E-state index in [1.54, 1.807) is 0 Å². The van der Waals surface area contributed by atoms with Crippen molar-refractivity contribution in [1.82, 2.24) is 5.32 Å². The average molecular weight is 221 g/mol. The van der Waals surface area contributed by atoms with E-state index >= 15 is 0 Å². The first-order valence-electron chi connectivity index (χ1n) is 5.56. The van der Waals surface area contributed by atoms with E-state index in [2.05, 4.69) is 5.32 Å². The molecule has 0 aliphatic carbocycles. The third-order valence-electron chi connectivity index (χ3n) is 2.50. The van der Waals surface area contributed by atoms with E-state index in [9.17, 15) is 4.79 Å². The highest BCUT2D eigenvalue weighted by molar-refractivity contribution is 5.70. The number of carbonyl (C=O) groups excluding carboxylic acids is 1. The molecule has 0 radical (unpaired) electrons. The summed E-state index contributed by atoms with van der Waals surface area (Å²) in [5, 5.41) is 3.13. The zero-order valence-corrected chi connectivity index (χ0v) is 10.1. The number of hydrogen-bond donors (Lipinski definition) is 1. The van der Waals surface area contributed by atoms with E-state index in [1.165, 1.54) is 5.56 Å². The van der Waals surface area contributed by atoms with Gasteiger partial charge in [0.25, 0.3) is 0 Å². The lowest BCUT2D eigenvalue weighted by Crippen LogP contribution is -2.21. The van der Waals surface area contributed by atoms with E-state index in [0.29, 0.717) is 13.0 Å². The molecule has 1 N–H and O–H groups in total. The van der Waals surface area contributed by atoms with Gasteiger partial charge >= 0.3 is 5.97 Å². The number of nitrogens with one attached hydrogen (secondary N) is 1. The molecular weight excluding hydrogens is 202 g/mol. The lowest BCUT2D eigenvalue weighted by molar-refractivity contribution is -0.143. The second-order valence-corrected chi connectivity index (χ2v) is 3.76. The molecule has 88 valence electrons. The Kier molecular flexibility index (Phi) is 4.99. The van der Waals surface area contributed by atoms with Crippen LogP contribution in [-0.4, -0.2) is 19.6 Å². The zero-order chi connectivity index (χ0) is 12.0. The van der Waals surface area contributed by atoms with Gasteiger partial charge in [-0.25, -0.2) is 0 Å². The Morgan fingerprint density at radius 1 is 1.38 bits per heavy atom. The molecule has 0 spiro atoms. The summed E-state index contributed by atoms with van der Waals surface area (Å²) in [5.74, 6) is -0.164. The molecule has 0 saturated carbocycles. The van der Waals surface area contributed by atoms with E-state index in [0.717, 1.165) is 5.56 Å². The van der Waals surface area contributed by atoms with Gasteiger partial charge in [0.1, 0.15) is 0 Å². The third kappa shape index (κ3) is 3.66. The van der Waals surface area contributed by atoms with Crippen molar-refractivity contribution in [3.05, 3.63) is 35.4 Å². The maximum Gasteiger partial charge on any atom is 0.307 e. The fourth-order valence-corrected chi connectivity index (χ4v) is 1.57. The van der Waals surface area contributed by atoms with Crippen molar-refractivity contribution in [2.24, 2.45) is 0 Å². The van der Waals surface area contributed by atoms with Gasteiger partial charge in [-0.15, -0.1) is 0 Å². The summed E-state index contributed by atoms with van der Waals surface area (Å²) in [5.41, 5.74) is 2.33. The van der Waals surface area contributed by atoms with Gasteiger partial charge in [0.15, 0.2) is 0 Å². The van der Waals surface area contributed by atoms with E-state index in [-0.39, 0.29) is 12.0 Å². The molecular formula is C13H19NO2. The Labute approximate surface area is 96.8 Å². The van der Waals surface area contributed by atoms with Crippen LogP contribution in [0, 0.1) is 6.92 Å². The summed E-state index contributed by atoms with van der Waals surface area (Å²) in [6.07, 6.45) is 0.368. The molecule has 0 aliphatic heterocycles. The van der Waals surface area contributed by atoms with Gasteiger partial charge in [-0.1, -0.05) is 29.8 Å². The molecule has 0 unspecified atom stereocenters. The predicted octanol–water partition coefficient (Wildman–Crippen LogP) is 2.21. The van der Waals surface area contributed by atoms with Crippen molar-refractivity contribution in [3.63, 3.8) is 0 Å². The van der Waals surface area contributed by atoms with Crippen molar-refractivity contribution in [3.8, 4) is 0 Å². The van der Waals surface area contributed by atoms with Crippen molar-refractivity contribution in [2.45, 2.75) is 26.3 Å². The highest BCUT2D eigenvalue weighted by Crippen LogP contribution is 2.17. The second-order valence-electron chi connectivity index (χ2n) is 3.76. The van der Waals surface area contributed by atoms with Gasteiger partial charge in [-0.3, -0.25) is 4.79 Å². The van der Waals surface area contributed by atoms with E-state index in [1.807, 2.05) is 45.2 Å². The number of esters is 1. The van der Waals surface area contributed by atoms with Crippen molar-refractivity contribution in [1.29, 1.82) is 0 Å². The maximum atomic E-state index is 11.4. The van der Waals surface area contributed by atoms with Gasteiger partial charge in [0.2, 0.25) is 0 Å². The summed E-state index contributed by atoms with van der Waals surface area (Å²) < 4.78 is 4.94. The lowest BCUT2D eigenvalue weighted by Gasteiger charge is -2.15. The number of aryl methyl sites for hydroxylation is 1. The summed E-state index contributed by atoms with van der Waals surface area (Å²) in [6, 6.07) is 8.20. The first kappa shape index (κ1) is 12.7. The number of carbonyl (C=O) groups is 1. The van der Waals surface area contributed by atoms with Crippen LogP contribution in [0.15, 0.2) is 24.3 Å². The Balaban J connectivity index is 2.67. The van der Waals surface area contributed by atoms with Crippen LogP contribution in [0.4, 0.5) is 0 Å². The van der Waals surface area contributed by atoms with Crippen LogP contribution in [0.2, 0.25) is 0 Å². The lowest BCUT2D eigenvalue weighted by atomic mass is 10.0. The molecule has 0 bridgehead atoms. The van der Waals surface area contributed by atoms with Crippen LogP contribution >= 0.6 is 0 Å². The molecule has 16 heavy (non-hydrogen) atoms. The summed E-state index contributed by atoms with van der Waals surface area (Å²) in [4.78, 5) is 11.4. The van der Waals surface area contributed by atoms with Gasteiger partial charge in [-0.2, -0.15) is 0 Å². The fourth-order valence-electron chi connectivity index (χ4n) is 1.57. The predicted molar refractivity (Wildman–Crippen MR) is 64.2 cm³/mol. The standard InChI is InChI=1S/C13H19NO2/c1-4-16-13(15)9-12(14-3)11-7-5-10(2)6-8-11/h5-8,12,14H,4,9H2,1-3H3/t12-/m0/s1. The summed E-state index contributed by atoms with van der Waals surface area (Å²) in [7, 11) is 1.85. The van der Waals surface area contributed by atoms with Gasteiger partial charge < -0.3 is 10.1 Å². The molecule has 1 atom stereocenters. The first-order valence-corrected chi connectivity index (χ1v) is 5.56. The number of ether oxygens (including phenoxy) is 1. The van der Waals surface area contributed by atoms with Gasteiger partial charge in [0, 0.05) is 6.04 Å². The summed E-state index contributed by atoms with van der Waals surface area (Å²) >= 11 is 0. The quantitative estimate of drug-likeness (QED) is 0.775. The van der Waals surface area contributed by atoms with E-state index in [4.69, 9.17) is 4.74 Å². The van der Waals surface area contributed by atoms with Crippen LogP contribution in [0.5, 0.6) is 0 Å². The Bertz CT molecular complexity index is 332. The fraction of sp³-hybridized carbons (Fsp3) is 0.462. The molecule has 0 aromatic heterocycles. The van der Waals surface area contributed by atoms with Crippen LogP contribution in [-0.2, 0) is 9.53 Å². The Morgan fingerprint density at radius 3 is 2.50 bits per heavy atom. The monoisotopic (exact) mass is 221 g/mol. The molecule has 3 nitrogen and oxygen atoms in total. The minimum Gasteiger partial charge on any atom is -0.466 e. The molecule has 0 saturated heterocycles. The SMILES string of the molecule is CCOC(=O)C[C@H](NC)c1ccc(C)cc1. The number of benzene rings is 1. The summed E-state index contributed by atoms with van der Waals surface area (Å²) in [6.45, 7) is 4.30. The van der Waals surface area contributed by atoms with Crippen LogP contribution < -0.4 is 5.32 Å². The normalized spacial score (nSPS) is 12.2. The highest BCUT2D eigenvalue weighted by atomic mass is 16.5. The van der Waals surface area contributed by atoms with Crippen molar-refractivity contribution < 1.29 is 9.53 Å². The highest BCUT2D eigenvalue weighted by Gasteiger charge is 2.14. The molecule has 1 rings (SSSR count). The topological polar surface area (TPSA) is 38.3 Å². The third-order valence-corrected chi connectivity index (χ3v) is 2.50. The van der Waals surface area contributed by atoms with Crippen LogP contribution in [0.1, 0.15) is 30.5 Å². The maximum absolute atomic E-state index is 11.4. The van der Waals surface area contributed by atoms with Gasteiger partial charge in [-0.05, 0) is 26.5 Å². The molecule has 1 aromatic carbocycles. The zero-order valence-electron chi connectivity index (χ0n) is 10.1. The van der Waals surface area contributed by atoms with E-state index < -0.39 is 0 Å². The minimum absolute atomic E-state index is 0.0275. The Hall–Kier alpha value is -1.35. The number of hydrogen-bond acceptors (Lipinski definition) is 3. The molecule has 0 aliphatic rings. The van der Waals surface area contributed by atoms with Crippen molar-refractivity contribution >= 4 is 5.97 Å². The second kappa shape index (κ2) is 6.28. The van der Waals surface area contributed by atoms with Gasteiger partial charge in [0.05, 0.1) is 13.0 Å². The van der Waals surface area contributed by atoms with Crippen molar-refractivity contribution in [2.75, 3.05) is 13.7 Å². The molecule has 0 heterocycles. The van der Waals surface area contributed by atoms with Crippen LogP contribution in [0.25, 0.3) is 0 Å². The van der Waals surface area contributed by atoms with Crippen LogP contribution in [0.3, 0.4) is 0 Å². The molecule has 0 fully saturated rings. The average Bonchev–Trinajstić information content (AvgIpc) is 2.27. The molecule has 0 amide bonds. The minimum atomic E-state index is -0.164. The largest absolute Gasteiger partial charge is 0.466 e. The molecule has 3 heteroatoms. The molecule has 1 aromatic rings. The first-order chi connectivity index (χ1) is 7.67.